The van der Waals surface area contributed by atoms with Crippen LogP contribution in [0, 0.1) is 0 Å². The summed E-state index contributed by atoms with van der Waals surface area (Å²) < 4.78 is 0. The molecule has 90 valence electrons. The Hall–Kier alpha value is 0.270. The fourth-order valence-corrected chi connectivity index (χ4v) is 3.13. The summed E-state index contributed by atoms with van der Waals surface area (Å²) in [6.07, 6.45) is 6.09. The van der Waals surface area contributed by atoms with Gasteiger partial charge in [0.15, 0.2) is 0 Å². The van der Waals surface area contributed by atoms with Gasteiger partial charge in [-0.3, -0.25) is 4.90 Å². The molecule has 1 fully saturated rings. The highest BCUT2D eigenvalue weighted by Crippen LogP contribution is 2.16. The predicted molar refractivity (Wildman–Crippen MR) is 68.5 cm³/mol. The van der Waals surface area contributed by atoms with Gasteiger partial charge in [-0.15, -0.1) is 0 Å². The lowest BCUT2D eigenvalue weighted by Crippen LogP contribution is -2.34. The van der Waals surface area contributed by atoms with Gasteiger partial charge in [0.25, 0.3) is 0 Å². The minimum Gasteiger partial charge on any atom is -0.396 e. The maximum Gasteiger partial charge on any atom is 0.0431 e. The second-order valence-electron chi connectivity index (χ2n) is 4.42. The molecule has 1 saturated heterocycles. The molecule has 1 aliphatic rings. The van der Waals surface area contributed by atoms with Crippen molar-refractivity contribution in [2.24, 2.45) is 0 Å². The summed E-state index contributed by atoms with van der Waals surface area (Å²) in [5.74, 6) is 2.64. The van der Waals surface area contributed by atoms with Crippen molar-refractivity contribution in [3.05, 3.63) is 0 Å². The largest absolute Gasteiger partial charge is 0.396 e. The molecule has 0 aromatic carbocycles. The first-order valence-electron chi connectivity index (χ1n) is 6.27. The number of thioether (sulfide) groups is 1. The Morgan fingerprint density at radius 1 is 1.20 bits per heavy atom. The van der Waals surface area contributed by atoms with E-state index in [1.165, 1.54) is 50.3 Å². The number of aliphatic hydroxyl groups excluding tert-OH is 1. The molecule has 0 radical (unpaired) electrons. The number of unbranched alkanes of at least 4 members (excludes halogenated alkanes) is 3. The highest BCUT2D eigenvalue weighted by molar-refractivity contribution is 7.99. The van der Waals surface area contributed by atoms with E-state index >= 15 is 0 Å². The molecular weight excluding hydrogens is 206 g/mol. The zero-order valence-corrected chi connectivity index (χ0v) is 10.8. The summed E-state index contributed by atoms with van der Waals surface area (Å²) in [6, 6.07) is 0.776. The minimum atomic E-state index is 0.358. The normalized spacial score (nSPS) is 24.0. The zero-order valence-electron chi connectivity index (χ0n) is 9.95. The summed E-state index contributed by atoms with van der Waals surface area (Å²) in [5.41, 5.74) is 0. The fourth-order valence-electron chi connectivity index (χ4n) is 2.05. The molecule has 1 heterocycles. The minimum absolute atomic E-state index is 0.358. The van der Waals surface area contributed by atoms with E-state index < -0.39 is 0 Å². The number of rotatable bonds is 6. The van der Waals surface area contributed by atoms with Gasteiger partial charge in [0.05, 0.1) is 0 Å². The maximum absolute atomic E-state index is 8.68. The van der Waals surface area contributed by atoms with E-state index in [0.717, 1.165) is 12.5 Å². The van der Waals surface area contributed by atoms with Crippen molar-refractivity contribution in [2.75, 3.05) is 31.2 Å². The Bertz CT molecular complexity index is 155. The van der Waals surface area contributed by atoms with Crippen LogP contribution in [0.15, 0.2) is 0 Å². The van der Waals surface area contributed by atoms with Gasteiger partial charge < -0.3 is 5.11 Å². The van der Waals surface area contributed by atoms with Gasteiger partial charge in [-0.2, -0.15) is 11.8 Å². The zero-order chi connectivity index (χ0) is 10.9. The molecule has 0 aromatic heterocycles. The van der Waals surface area contributed by atoms with Gasteiger partial charge in [-0.1, -0.05) is 12.8 Å². The monoisotopic (exact) mass is 231 g/mol. The standard InChI is InChI=1S/C12H25NOS/c1-12-6-10-15-11-8-13(12)7-4-2-3-5-9-14/h12,14H,2-11H2,1H3/t12-/m0/s1. The van der Waals surface area contributed by atoms with E-state index in [4.69, 9.17) is 5.11 Å². The molecule has 0 spiro atoms. The highest BCUT2D eigenvalue weighted by atomic mass is 32.2. The molecule has 0 bridgehead atoms. The van der Waals surface area contributed by atoms with Crippen LogP contribution in [0.1, 0.15) is 39.0 Å². The highest BCUT2D eigenvalue weighted by Gasteiger charge is 2.15. The maximum atomic E-state index is 8.68. The van der Waals surface area contributed by atoms with Gasteiger partial charge in [0.1, 0.15) is 0 Å². The van der Waals surface area contributed by atoms with Crippen LogP contribution in [0.2, 0.25) is 0 Å². The van der Waals surface area contributed by atoms with Gasteiger partial charge in [0, 0.05) is 24.9 Å². The molecule has 3 heteroatoms. The topological polar surface area (TPSA) is 23.5 Å². The second-order valence-corrected chi connectivity index (χ2v) is 5.65. The van der Waals surface area contributed by atoms with Gasteiger partial charge in [-0.25, -0.2) is 0 Å². The van der Waals surface area contributed by atoms with Crippen molar-refractivity contribution in [3.63, 3.8) is 0 Å². The smallest absolute Gasteiger partial charge is 0.0431 e. The first-order chi connectivity index (χ1) is 7.34. The Morgan fingerprint density at radius 3 is 2.80 bits per heavy atom. The Morgan fingerprint density at radius 2 is 2.00 bits per heavy atom. The third kappa shape index (κ3) is 5.79. The van der Waals surface area contributed by atoms with E-state index in [1.807, 2.05) is 0 Å². The lowest BCUT2D eigenvalue weighted by Gasteiger charge is -2.26. The van der Waals surface area contributed by atoms with E-state index in [2.05, 4.69) is 23.6 Å². The fraction of sp³-hybridized carbons (Fsp3) is 1.00. The van der Waals surface area contributed by atoms with Gasteiger partial charge >= 0.3 is 0 Å². The van der Waals surface area contributed by atoms with Crippen molar-refractivity contribution in [1.29, 1.82) is 0 Å². The number of aliphatic hydroxyl groups is 1. The Labute approximate surface area is 98.4 Å². The van der Waals surface area contributed by atoms with Crippen LogP contribution in [0.3, 0.4) is 0 Å². The molecular formula is C12H25NOS. The average Bonchev–Trinajstić information content (AvgIpc) is 2.44. The van der Waals surface area contributed by atoms with Crippen LogP contribution >= 0.6 is 11.8 Å². The lowest BCUT2D eigenvalue weighted by atomic mass is 10.1. The average molecular weight is 231 g/mol. The summed E-state index contributed by atoms with van der Waals surface area (Å²) >= 11 is 2.10. The van der Waals surface area contributed by atoms with Crippen LogP contribution in [0.4, 0.5) is 0 Å². The summed E-state index contributed by atoms with van der Waals surface area (Å²) in [4.78, 5) is 2.64. The van der Waals surface area contributed by atoms with Crippen LogP contribution < -0.4 is 0 Å². The van der Waals surface area contributed by atoms with Crippen molar-refractivity contribution in [3.8, 4) is 0 Å². The molecule has 1 N–H and O–H groups in total. The van der Waals surface area contributed by atoms with E-state index in [0.29, 0.717) is 6.61 Å². The predicted octanol–water partition coefficient (Wildman–Crippen LogP) is 2.37. The second kappa shape index (κ2) is 8.43. The van der Waals surface area contributed by atoms with Crippen molar-refractivity contribution < 1.29 is 5.11 Å². The third-order valence-corrected chi connectivity index (χ3v) is 4.18. The molecule has 1 rings (SSSR count). The third-order valence-electron chi connectivity index (χ3n) is 3.18. The molecule has 0 saturated carbocycles. The van der Waals surface area contributed by atoms with E-state index in [-0.39, 0.29) is 0 Å². The molecule has 0 amide bonds. The number of nitrogens with zero attached hydrogens (tertiary/aromatic N) is 1. The van der Waals surface area contributed by atoms with Crippen molar-refractivity contribution in [2.45, 2.75) is 45.1 Å². The van der Waals surface area contributed by atoms with Crippen molar-refractivity contribution >= 4 is 11.8 Å². The van der Waals surface area contributed by atoms with Crippen LogP contribution in [-0.4, -0.2) is 47.3 Å². The van der Waals surface area contributed by atoms with Crippen molar-refractivity contribution in [1.82, 2.24) is 4.90 Å². The SMILES string of the molecule is C[C@H]1CCSCCN1CCCCCCO. The molecule has 0 unspecified atom stereocenters. The summed E-state index contributed by atoms with van der Waals surface area (Å²) in [7, 11) is 0. The van der Waals surface area contributed by atoms with E-state index in [9.17, 15) is 0 Å². The number of hydrogen-bond acceptors (Lipinski definition) is 3. The van der Waals surface area contributed by atoms with Crippen LogP contribution in [0.5, 0.6) is 0 Å². The van der Waals surface area contributed by atoms with Crippen LogP contribution in [-0.2, 0) is 0 Å². The van der Waals surface area contributed by atoms with E-state index in [1.54, 1.807) is 0 Å². The summed E-state index contributed by atoms with van der Waals surface area (Å²) in [6.45, 7) is 5.25. The summed E-state index contributed by atoms with van der Waals surface area (Å²) in [5, 5.41) is 8.68. The molecule has 2 nitrogen and oxygen atoms in total. The molecule has 1 atom stereocenters. The Kier molecular flexibility index (Phi) is 7.49. The van der Waals surface area contributed by atoms with Gasteiger partial charge in [0.2, 0.25) is 0 Å². The lowest BCUT2D eigenvalue weighted by molar-refractivity contribution is 0.214. The van der Waals surface area contributed by atoms with Crippen LogP contribution in [0.25, 0.3) is 0 Å². The first kappa shape index (κ1) is 13.3. The first-order valence-corrected chi connectivity index (χ1v) is 7.42. The number of hydrogen-bond donors (Lipinski definition) is 1. The van der Waals surface area contributed by atoms with Gasteiger partial charge in [-0.05, 0) is 38.5 Å². The Balaban J connectivity index is 2.07. The quantitative estimate of drug-likeness (QED) is 0.710. The molecule has 0 aromatic rings. The molecule has 15 heavy (non-hydrogen) atoms. The molecule has 0 aliphatic carbocycles. The molecule has 1 aliphatic heterocycles.